The molecule has 1 aliphatic carbocycles. The van der Waals surface area contributed by atoms with E-state index in [0.29, 0.717) is 5.41 Å². The smallest absolute Gasteiger partial charge is 0.0624 e. The maximum atomic E-state index is 5.85. The molecule has 0 aromatic carbocycles. The summed E-state index contributed by atoms with van der Waals surface area (Å²) in [4.78, 5) is 0. The zero-order valence-corrected chi connectivity index (χ0v) is 9.29. The number of thiol groups is 1. The maximum absolute atomic E-state index is 5.85. The van der Waals surface area contributed by atoms with Gasteiger partial charge < -0.3 is 4.74 Å². The van der Waals surface area contributed by atoms with Gasteiger partial charge in [0.25, 0.3) is 0 Å². The zero-order valence-electron chi connectivity index (χ0n) is 8.39. The maximum Gasteiger partial charge on any atom is 0.0624 e. The second kappa shape index (κ2) is 3.59. The summed E-state index contributed by atoms with van der Waals surface area (Å²) in [5.74, 6) is 0.979. The Hall–Kier alpha value is 0.310. The van der Waals surface area contributed by atoms with Crippen molar-refractivity contribution in [3.8, 4) is 0 Å². The van der Waals surface area contributed by atoms with Gasteiger partial charge in [0.15, 0.2) is 0 Å². The lowest BCUT2D eigenvalue weighted by Gasteiger charge is -2.26. The Balaban J connectivity index is 2.25. The van der Waals surface area contributed by atoms with Crippen LogP contribution in [-0.2, 0) is 4.74 Å². The first kappa shape index (κ1) is 10.4. The molecule has 0 amide bonds. The highest BCUT2D eigenvalue weighted by Crippen LogP contribution is 2.47. The summed E-state index contributed by atoms with van der Waals surface area (Å²) in [6.07, 6.45) is 3.68. The van der Waals surface area contributed by atoms with Crippen LogP contribution in [0.4, 0.5) is 0 Å². The highest BCUT2D eigenvalue weighted by atomic mass is 32.1. The monoisotopic (exact) mass is 188 g/mol. The molecule has 0 bridgehead atoms. The largest absolute Gasteiger partial charge is 0.375 e. The van der Waals surface area contributed by atoms with Crippen molar-refractivity contribution < 1.29 is 4.74 Å². The molecular weight excluding hydrogens is 168 g/mol. The van der Waals surface area contributed by atoms with E-state index in [1.54, 1.807) is 0 Å². The average Bonchev–Trinajstić information content (AvgIpc) is 2.82. The molecule has 0 aliphatic heterocycles. The van der Waals surface area contributed by atoms with Gasteiger partial charge in [0.05, 0.1) is 12.2 Å². The van der Waals surface area contributed by atoms with E-state index in [4.69, 9.17) is 4.74 Å². The van der Waals surface area contributed by atoms with Crippen LogP contribution in [-0.4, -0.2) is 18.0 Å². The van der Waals surface area contributed by atoms with Crippen molar-refractivity contribution in [3.63, 3.8) is 0 Å². The van der Waals surface area contributed by atoms with Gasteiger partial charge in [-0.2, -0.15) is 12.6 Å². The van der Waals surface area contributed by atoms with Gasteiger partial charge >= 0.3 is 0 Å². The zero-order chi connectivity index (χ0) is 9.24. The second-order valence-corrected chi connectivity index (χ2v) is 4.88. The third-order valence-corrected chi connectivity index (χ3v) is 3.58. The highest BCUT2D eigenvalue weighted by Gasteiger charge is 2.42. The molecule has 1 aliphatic rings. The molecule has 1 nitrogen and oxygen atoms in total. The minimum Gasteiger partial charge on any atom is -0.375 e. The molecular formula is C10H20OS. The normalized spacial score (nSPS) is 21.0. The van der Waals surface area contributed by atoms with E-state index in [9.17, 15) is 0 Å². The van der Waals surface area contributed by atoms with Crippen molar-refractivity contribution >= 4 is 12.6 Å². The van der Waals surface area contributed by atoms with Crippen molar-refractivity contribution in [2.45, 2.75) is 45.6 Å². The standard InChI is InChI=1S/C10H20OS/c1-4-9(2,3)11-7-10(8-12)5-6-10/h12H,4-8H2,1-3H3. The van der Waals surface area contributed by atoms with Crippen LogP contribution in [0.2, 0.25) is 0 Å². The molecule has 0 aromatic rings. The molecule has 0 radical (unpaired) electrons. The molecule has 0 N–H and O–H groups in total. The van der Waals surface area contributed by atoms with Gasteiger partial charge in [-0.1, -0.05) is 6.92 Å². The van der Waals surface area contributed by atoms with Gasteiger partial charge in [0, 0.05) is 5.41 Å². The molecule has 0 heterocycles. The predicted octanol–water partition coefficient (Wildman–Crippen LogP) is 2.90. The van der Waals surface area contributed by atoms with Crippen LogP contribution in [0.5, 0.6) is 0 Å². The Morgan fingerprint density at radius 2 is 2.00 bits per heavy atom. The minimum atomic E-state index is 0.0541. The minimum absolute atomic E-state index is 0.0541. The number of hydrogen-bond donors (Lipinski definition) is 1. The fraction of sp³-hybridized carbons (Fsp3) is 1.00. The number of rotatable bonds is 5. The Morgan fingerprint density at radius 1 is 1.42 bits per heavy atom. The summed E-state index contributed by atoms with van der Waals surface area (Å²) in [5, 5.41) is 0. The molecule has 1 saturated carbocycles. The third kappa shape index (κ3) is 2.67. The van der Waals surface area contributed by atoms with Crippen molar-refractivity contribution in [2.75, 3.05) is 12.4 Å². The number of hydrogen-bond acceptors (Lipinski definition) is 2. The summed E-state index contributed by atoms with van der Waals surface area (Å²) in [7, 11) is 0. The van der Waals surface area contributed by atoms with Crippen molar-refractivity contribution in [1.82, 2.24) is 0 Å². The van der Waals surface area contributed by atoms with E-state index in [0.717, 1.165) is 18.8 Å². The third-order valence-electron chi connectivity index (χ3n) is 2.91. The first-order valence-electron chi connectivity index (χ1n) is 4.78. The Kier molecular flexibility index (Phi) is 3.11. The molecule has 1 rings (SSSR count). The lowest BCUT2D eigenvalue weighted by Crippen LogP contribution is -2.27. The lowest BCUT2D eigenvalue weighted by atomic mass is 10.1. The SMILES string of the molecule is CCC(C)(C)OCC1(CS)CC1. The van der Waals surface area contributed by atoms with Gasteiger partial charge in [-0.25, -0.2) is 0 Å². The first-order valence-corrected chi connectivity index (χ1v) is 5.42. The van der Waals surface area contributed by atoms with Crippen molar-refractivity contribution in [1.29, 1.82) is 0 Å². The second-order valence-electron chi connectivity index (χ2n) is 4.56. The van der Waals surface area contributed by atoms with Crippen molar-refractivity contribution in [3.05, 3.63) is 0 Å². The summed E-state index contributed by atoms with van der Waals surface area (Å²) in [6, 6.07) is 0. The van der Waals surface area contributed by atoms with Crippen LogP contribution in [0.1, 0.15) is 40.0 Å². The highest BCUT2D eigenvalue weighted by molar-refractivity contribution is 7.80. The summed E-state index contributed by atoms with van der Waals surface area (Å²) < 4.78 is 5.85. The van der Waals surface area contributed by atoms with Crippen LogP contribution in [0, 0.1) is 5.41 Å². The Labute approximate surface area is 81.3 Å². The summed E-state index contributed by atoms with van der Waals surface area (Å²) >= 11 is 4.34. The van der Waals surface area contributed by atoms with E-state index in [1.165, 1.54) is 12.8 Å². The van der Waals surface area contributed by atoms with E-state index in [-0.39, 0.29) is 5.60 Å². The fourth-order valence-corrected chi connectivity index (χ4v) is 1.38. The molecule has 0 atom stereocenters. The molecule has 0 aromatic heterocycles. The molecule has 1 fully saturated rings. The lowest BCUT2D eigenvalue weighted by molar-refractivity contribution is -0.0391. The van der Waals surface area contributed by atoms with Crippen LogP contribution in [0.25, 0.3) is 0 Å². The topological polar surface area (TPSA) is 9.23 Å². The average molecular weight is 188 g/mol. The van der Waals surface area contributed by atoms with E-state index >= 15 is 0 Å². The van der Waals surface area contributed by atoms with Gasteiger partial charge in [0.1, 0.15) is 0 Å². The quantitative estimate of drug-likeness (QED) is 0.653. The molecule has 12 heavy (non-hydrogen) atoms. The van der Waals surface area contributed by atoms with Crippen LogP contribution < -0.4 is 0 Å². The predicted molar refractivity (Wildman–Crippen MR) is 55.8 cm³/mol. The summed E-state index contributed by atoms with van der Waals surface area (Å²) in [6.45, 7) is 7.38. The van der Waals surface area contributed by atoms with E-state index in [2.05, 4.69) is 33.4 Å². The molecule has 0 saturated heterocycles. The first-order chi connectivity index (χ1) is 5.54. The van der Waals surface area contributed by atoms with Gasteiger partial charge in [-0.15, -0.1) is 0 Å². The van der Waals surface area contributed by atoms with Crippen LogP contribution >= 0.6 is 12.6 Å². The van der Waals surface area contributed by atoms with Gasteiger partial charge in [-0.3, -0.25) is 0 Å². The number of ether oxygens (including phenoxy) is 1. The molecule has 0 spiro atoms. The molecule has 72 valence electrons. The van der Waals surface area contributed by atoms with Crippen molar-refractivity contribution in [2.24, 2.45) is 5.41 Å². The van der Waals surface area contributed by atoms with Crippen LogP contribution in [0.3, 0.4) is 0 Å². The molecule has 0 unspecified atom stereocenters. The Bertz CT molecular complexity index is 144. The van der Waals surface area contributed by atoms with Gasteiger partial charge in [-0.05, 0) is 38.9 Å². The molecule has 2 heteroatoms. The van der Waals surface area contributed by atoms with E-state index in [1.807, 2.05) is 0 Å². The summed E-state index contributed by atoms with van der Waals surface area (Å²) in [5.41, 5.74) is 0.494. The Morgan fingerprint density at radius 3 is 2.33 bits per heavy atom. The van der Waals surface area contributed by atoms with E-state index < -0.39 is 0 Å². The van der Waals surface area contributed by atoms with Gasteiger partial charge in [0.2, 0.25) is 0 Å². The fourth-order valence-electron chi connectivity index (χ4n) is 0.975. The van der Waals surface area contributed by atoms with Crippen LogP contribution in [0.15, 0.2) is 0 Å².